The van der Waals surface area contributed by atoms with Gasteiger partial charge in [0.1, 0.15) is 0 Å². The second-order valence-electron chi connectivity index (χ2n) is 4.01. The van der Waals surface area contributed by atoms with Crippen LogP contribution in [0, 0.1) is 6.92 Å². The lowest BCUT2D eigenvalue weighted by molar-refractivity contribution is -0.121. The van der Waals surface area contributed by atoms with Crippen LogP contribution in [0.4, 0.5) is 0 Å². The summed E-state index contributed by atoms with van der Waals surface area (Å²) in [4.78, 5) is 16.7. The quantitative estimate of drug-likeness (QED) is 0.741. The average Bonchev–Trinajstić information content (AvgIpc) is 2.58. The van der Waals surface area contributed by atoms with Gasteiger partial charge in [0.25, 0.3) is 0 Å². The molecule has 1 aromatic heterocycles. The van der Waals surface area contributed by atoms with Crippen LogP contribution >= 0.6 is 11.3 Å². The molecule has 0 unspecified atom stereocenters. The molecule has 0 aliphatic rings. The maximum atomic E-state index is 11.3. The van der Waals surface area contributed by atoms with Gasteiger partial charge >= 0.3 is 0 Å². The van der Waals surface area contributed by atoms with Crippen LogP contribution in [0.1, 0.15) is 30.8 Å². The Kier molecular flexibility index (Phi) is 5.42. The maximum absolute atomic E-state index is 11.3. The third-order valence-electron chi connectivity index (χ3n) is 2.11. The number of amides is 1. The van der Waals surface area contributed by atoms with Crippen LogP contribution in [0.5, 0.6) is 0 Å². The van der Waals surface area contributed by atoms with Crippen molar-refractivity contribution in [2.45, 2.75) is 39.8 Å². The van der Waals surface area contributed by atoms with E-state index in [-0.39, 0.29) is 11.9 Å². The summed E-state index contributed by atoms with van der Waals surface area (Å²) in [5, 5.41) is 6.10. The van der Waals surface area contributed by atoms with Gasteiger partial charge in [-0.2, -0.15) is 0 Å². The molecule has 0 radical (unpaired) electrons. The topological polar surface area (TPSA) is 54.0 Å². The standard InChI is InChI=1S/C11H19N3OS/c1-8(2)14-11(15)4-5-12-6-10-9(3)13-7-16-10/h7-8,12H,4-6H2,1-3H3,(H,14,15). The van der Waals surface area contributed by atoms with Crippen LogP contribution in [-0.4, -0.2) is 23.5 Å². The number of nitrogens with zero attached hydrogens (tertiary/aromatic N) is 1. The molecule has 0 aliphatic carbocycles. The molecule has 1 rings (SSSR count). The van der Waals surface area contributed by atoms with E-state index in [1.165, 1.54) is 4.88 Å². The fourth-order valence-corrected chi connectivity index (χ4v) is 2.04. The first-order chi connectivity index (χ1) is 7.59. The molecule has 1 heterocycles. The van der Waals surface area contributed by atoms with Crippen LogP contribution in [0.15, 0.2) is 5.51 Å². The molecule has 0 bridgehead atoms. The molecule has 90 valence electrons. The Morgan fingerprint density at radius 1 is 1.56 bits per heavy atom. The Bertz CT molecular complexity index is 336. The zero-order valence-corrected chi connectivity index (χ0v) is 10.9. The molecule has 0 saturated carbocycles. The van der Waals surface area contributed by atoms with Gasteiger partial charge in [-0.3, -0.25) is 4.79 Å². The van der Waals surface area contributed by atoms with E-state index in [2.05, 4.69) is 15.6 Å². The minimum atomic E-state index is 0.100. The summed E-state index contributed by atoms with van der Waals surface area (Å²) in [5.41, 5.74) is 2.92. The Labute approximate surface area is 100 Å². The van der Waals surface area contributed by atoms with Crippen molar-refractivity contribution >= 4 is 17.2 Å². The number of hydrogen-bond donors (Lipinski definition) is 2. The summed E-state index contributed by atoms with van der Waals surface area (Å²) in [6.07, 6.45) is 0.524. The number of thiazole rings is 1. The van der Waals surface area contributed by atoms with Crippen molar-refractivity contribution in [1.29, 1.82) is 0 Å². The van der Waals surface area contributed by atoms with E-state index < -0.39 is 0 Å². The third-order valence-corrected chi connectivity index (χ3v) is 3.04. The van der Waals surface area contributed by atoms with Crippen molar-refractivity contribution in [3.05, 3.63) is 16.1 Å². The Hall–Kier alpha value is -0.940. The second kappa shape index (κ2) is 6.60. The number of hydrogen-bond acceptors (Lipinski definition) is 4. The van der Waals surface area contributed by atoms with Crippen LogP contribution in [0.25, 0.3) is 0 Å². The highest BCUT2D eigenvalue weighted by Crippen LogP contribution is 2.10. The SMILES string of the molecule is Cc1ncsc1CNCCC(=O)NC(C)C. The van der Waals surface area contributed by atoms with E-state index in [4.69, 9.17) is 0 Å². The number of carbonyl (C=O) groups excluding carboxylic acids is 1. The van der Waals surface area contributed by atoms with Crippen molar-refractivity contribution in [2.24, 2.45) is 0 Å². The van der Waals surface area contributed by atoms with E-state index in [0.29, 0.717) is 13.0 Å². The highest BCUT2D eigenvalue weighted by Gasteiger charge is 2.03. The fourth-order valence-electron chi connectivity index (χ4n) is 1.29. The molecule has 1 aromatic rings. The van der Waals surface area contributed by atoms with E-state index >= 15 is 0 Å². The first kappa shape index (κ1) is 13.1. The van der Waals surface area contributed by atoms with Crippen molar-refractivity contribution in [1.82, 2.24) is 15.6 Å². The molecule has 4 nitrogen and oxygen atoms in total. The van der Waals surface area contributed by atoms with Crippen LogP contribution in [0.3, 0.4) is 0 Å². The average molecular weight is 241 g/mol. The smallest absolute Gasteiger partial charge is 0.221 e. The number of rotatable bonds is 6. The van der Waals surface area contributed by atoms with Gasteiger partial charge < -0.3 is 10.6 Å². The molecule has 0 spiro atoms. The molecular weight excluding hydrogens is 222 g/mol. The van der Waals surface area contributed by atoms with Crippen molar-refractivity contribution in [3.63, 3.8) is 0 Å². The molecule has 0 aliphatic heterocycles. The van der Waals surface area contributed by atoms with Crippen LogP contribution in [0.2, 0.25) is 0 Å². The van der Waals surface area contributed by atoms with Crippen molar-refractivity contribution < 1.29 is 4.79 Å². The molecule has 1 amide bonds. The zero-order valence-electron chi connectivity index (χ0n) is 10.0. The number of aryl methyl sites for hydroxylation is 1. The summed E-state index contributed by atoms with van der Waals surface area (Å²) in [6, 6.07) is 0.219. The lowest BCUT2D eigenvalue weighted by atomic mass is 10.3. The highest BCUT2D eigenvalue weighted by atomic mass is 32.1. The maximum Gasteiger partial charge on any atom is 0.221 e. The molecule has 0 atom stereocenters. The Morgan fingerprint density at radius 2 is 2.31 bits per heavy atom. The third kappa shape index (κ3) is 4.72. The largest absolute Gasteiger partial charge is 0.354 e. The summed E-state index contributed by atoms with van der Waals surface area (Å²) in [7, 11) is 0. The number of aromatic nitrogens is 1. The summed E-state index contributed by atoms with van der Waals surface area (Å²) in [6.45, 7) is 7.43. The van der Waals surface area contributed by atoms with E-state index in [0.717, 1.165) is 12.2 Å². The molecule has 5 heteroatoms. The summed E-state index contributed by atoms with van der Waals surface area (Å²) >= 11 is 1.64. The van der Waals surface area contributed by atoms with Gasteiger partial charge in [0.15, 0.2) is 0 Å². The highest BCUT2D eigenvalue weighted by molar-refractivity contribution is 7.09. The molecule has 0 aromatic carbocycles. The molecule has 0 fully saturated rings. The molecule has 16 heavy (non-hydrogen) atoms. The van der Waals surface area contributed by atoms with Crippen molar-refractivity contribution in [2.75, 3.05) is 6.54 Å². The minimum absolute atomic E-state index is 0.100. The van der Waals surface area contributed by atoms with Crippen LogP contribution < -0.4 is 10.6 Å². The second-order valence-corrected chi connectivity index (χ2v) is 4.95. The number of nitrogens with one attached hydrogen (secondary N) is 2. The first-order valence-corrected chi connectivity index (χ1v) is 6.36. The molecular formula is C11H19N3OS. The van der Waals surface area contributed by atoms with E-state index in [1.807, 2.05) is 26.3 Å². The Morgan fingerprint density at radius 3 is 2.88 bits per heavy atom. The van der Waals surface area contributed by atoms with Gasteiger partial charge in [-0.15, -0.1) is 11.3 Å². The Balaban J connectivity index is 2.13. The molecule has 0 saturated heterocycles. The van der Waals surface area contributed by atoms with Gasteiger partial charge in [-0.05, 0) is 20.8 Å². The predicted molar refractivity (Wildman–Crippen MR) is 66.5 cm³/mol. The predicted octanol–water partition coefficient (Wildman–Crippen LogP) is 1.46. The molecule has 2 N–H and O–H groups in total. The van der Waals surface area contributed by atoms with Gasteiger partial charge in [-0.1, -0.05) is 0 Å². The number of carbonyl (C=O) groups is 1. The lowest BCUT2D eigenvalue weighted by Gasteiger charge is -2.08. The lowest BCUT2D eigenvalue weighted by Crippen LogP contribution is -2.32. The van der Waals surface area contributed by atoms with E-state index in [9.17, 15) is 4.79 Å². The van der Waals surface area contributed by atoms with Gasteiger partial charge in [-0.25, -0.2) is 4.98 Å². The monoisotopic (exact) mass is 241 g/mol. The minimum Gasteiger partial charge on any atom is -0.354 e. The summed E-state index contributed by atoms with van der Waals surface area (Å²) < 4.78 is 0. The van der Waals surface area contributed by atoms with Gasteiger partial charge in [0.2, 0.25) is 5.91 Å². The van der Waals surface area contributed by atoms with Gasteiger partial charge in [0.05, 0.1) is 11.2 Å². The normalized spacial score (nSPS) is 10.8. The first-order valence-electron chi connectivity index (χ1n) is 5.48. The fraction of sp³-hybridized carbons (Fsp3) is 0.636. The summed E-state index contributed by atoms with van der Waals surface area (Å²) in [5.74, 6) is 0.100. The van der Waals surface area contributed by atoms with Gasteiger partial charge in [0, 0.05) is 30.4 Å². The van der Waals surface area contributed by atoms with Crippen molar-refractivity contribution in [3.8, 4) is 0 Å². The zero-order chi connectivity index (χ0) is 12.0. The van der Waals surface area contributed by atoms with E-state index in [1.54, 1.807) is 11.3 Å². The van der Waals surface area contributed by atoms with Crippen LogP contribution in [-0.2, 0) is 11.3 Å².